The van der Waals surface area contributed by atoms with Crippen LogP contribution < -0.4 is 4.90 Å². The van der Waals surface area contributed by atoms with Crippen LogP contribution in [0.25, 0.3) is 10.8 Å². The van der Waals surface area contributed by atoms with E-state index in [2.05, 4.69) is 0 Å². The first-order valence-electron chi connectivity index (χ1n) is 8.32. The molecule has 0 saturated carbocycles. The summed E-state index contributed by atoms with van der Waals surface area (Å²) in [6, 6.07) is 8.97. The number of benzene rings is 3. The van der Waals surface area contributed by atoms with Crippen LogP contribution in [-0.2, 0) is 0 Å². The van der Waals surface area contributed by atoms with Crippen LogP contribution in [0.4, 0.5) is 17.1 Å². The van der Waals surface area contributed by atoms with Gasteiger partial charge in [-0.25, -0.2) is 9.69 Å². The second kappa shape index (κ2) is 6.44. The van der Waals surface area contributed by atoms with E-state index in [1.54, 1.807) is 0 Å². The van der Waals surface area contributed by atoms with Gasteiger partial charge in [0.2, 0.25) is 0 Å². The van der Waals surface area contributed by atoms with Crippen LogP contribution in [0.3, 0.4) is 0 Å². The number of rotatable bonds is 4. The number of carbonyl (C=O) groups is 3. The van der Waals surface area contributed by atoms with Gasteiger partial charge in [-0.05, 0) is 29.7 Å². The predicted octanol–water partition coefficient (Wildman–Crippen LogP) is 3.16. The molecule has 4 rings (SSSR count). The molecule has 148 valence electrons. The molecule has 0 fully saturated rings. The number of anilines is 1. The molecule has 1 aliphatic heterocycles. The van der Waals surface area contributed by atoms with Crippen LogP contribution in [-0.4, -0.2) is 32.7 Å². The molecule has 30 heavy (non-hydrogen) atoms. The van der Waals surface area contributed by atoms with Crippen molar-refractivity contribution in [1.29, 1.82) is 0 Å². The first-order valence-corrected chi connectivity index (χ1v) is 8.32. The predicted molar refractivity (Wildman–Crippen MR) is 102 cm³/mol. The van der Waals surface area contributed by atoms with Gasteiger partial charge in [0.05, 0.1) is 32.2 Å². The summed E-state index contributed by atoms with van der Waals surface area (Å²) in [6.45, 7) is 0. The van der Waals surface area contributed by atoms with Gasteiger partial charge in [0.25, 0.3) is 23.2 Å². The number of nitro groups is 2. The van der Waals surface area contributed by atoms with Gasteiger partial charge in [-0.2, -0.15) is 0 Å². The number of hydrogen-bond donors (Lipinski definition) is 1. The number of imide groups is 1. The molecule has 1 aliphatic rings. The van der Waals surface area contributed by atoms with E-state index in [0.717, 1.165) is 24.3 Å². The first-order chi connectivity index (χ1) is 14.2. The lowest BCUT2D eigenvalue weighted by Crippen LogP contribution is -2.40. The van der Waals surface area contributed by atoms with Gasteiger partial charge in [-0.15, -0.1) is 0 Å². The highest BCUT2D eigenvalue weighted by molar-refractivity contribution is 6.36. The summed E-state index contributed by atoms with van der Waals surface area (Å²) >= 11 is 0. The fourth-order valence-corrected chi connectivity index (χ4v) is 3.35. The van der Waals surface area contributed by atoms with E-state index in [1.165, 1.54) is 24.3 Å². The van der Waals surface area contributed by atoms with E-state index in [-0.39, 0.29) is 33.2 Å². The van der Waals surface area contributed by atoms with Crippen molar-refractivity contribution in [2.75, 3.05) is 4.90 Å². The molecular weight excluding hydrogens is 398 g/mol. The molecule has 11 heteroatoms. The van der Waals surface area contributed by atoms with E-state index < -0.39 is 39.0 Å². The van der Waals surface area contributed by atoms with Crippen molar-refractivity contribution in [3.05, 3.63) is 85.4 Å². The molecule has 0 atom stereocenters. The summed E-state index contributed by atoms with van der Waals surface area (Å²) < 4.78 is 0. The van der Waals surface area contributed by atoms with Gasteiger partial charge in [-0.3, -0.25) is 29.8 Å². The zero-order valence-corrected chi connectivity index (χ0v) is 14.8. The number of nitrogens with zero attached hydrogens (tertiary/aromatic N) is 3. The maximum atomic E-state index is 13.1. The van der Waals surface area contributed by atoms with Crippen LogP contribution in [0.2, 0.25) is 0 Å². The van der Waals surface area contributed by atoms with Gasteiger partial charge >= 0.3 is 5.97 Å². The molecule has 3 aromatic rings. The molecule has 1 N–H and O–H groups in total. The molecule has 1 heterocycles. The van der Waals surface area contributed by atoms with Crippen molar-refractivity contribution in [2.45, 2.75) is 0 Å². The number of hydrogen-bond acceptors (Lipinski definition) is 7. The van der Waals surface area contributed by atoms with Gasteiger partial charge in [0, 0.05) is 29.7 Å². The lowest BCUT2D eigenvalue weighted by molar-refractivity contribution is -0.385. The highest BCUT2D eigenvalue weighted by Gasteiger charge is 2.37. The molecule has 3 aromatic carbocycles. The highest BCUT2D eigenvalue weighted by atomic mass is 16.6. The Balaban J connectivity index is 1.99. The molecule has 0 aliphatic carbocycles. The lowest BCUT2D eigenvalue weighted by Gasteiger charge is -2.27. The molecule has 0 bridgehead atoms. The molecule has 0 spiro atoms. The van der Waals surface area contributed by atoms with E-state index >= 15 is 0 Å². The summed E-state index contributed by atoms with van der Waals surface area (Å²) in [5.41, 5.74) is -1.31. The van der Waals surface area contributed by atoms with Crippen LogP contribution in [0, 0.1) is 20.2 Å². The molecule has 0 radical (unpaired) electrons. The first kappa shape index (κ1) is 18.7. The fourth-order valence-electron chi connectivity index (χ4n) is 3.35. The summed E-state index contributed by atoms with van der Waals surface area (Å²) in [4.78, 5) is 58.9. The van der Waals surface area contributed by atoms with Crippen molar-refractivity contribution in [1.82, 2.24) is 0 Å². The quantitative estimate of drug-likeness (QED) is 0.392. The minimum atomic E-state index is -1.21. The van der Waals surface area contributed by atoms with Crippen molar-refractivity contribution >= 4 is 45.6 Å². The Kier molecular flexibility index (Phi) is 4.01. The Hall–Kier alpha value is -4.67. The highest BCUT2D eigenvalue weighted by Crippen LogP contribution is 2.37. The van der Waals surface area contributed by atoms with E-state index in [9.17, 15) is 34.6 Å². The van der Waals surface area contributed by atoms with Crippen molar-refractivity contribution < 1.29 is 29.3 Å². The van der Waals surface area contributed by atoms with Crippen LogP contribution in [0.1, 0.15) is 31.1 Å². The van der Waals surface area contributed by atoms with Gasteiger partial charge in [0.15, 0.2) is 0 Å². The largest absolute Gasteiger partial charge is 0.478 e. The van der Waals surface area contributed by atoms with E-state index in [0.29, 0.717) is 4.90 Å². The average Bonchev–Trinajstić information content (AvgIpc) is 2.71. The van der Waals surface area contributed by atoms with E-state index in [1.807, 2.05) is 0 Å². The number of amides is 2. The minimum absolute atomic E-state index is 0.0194. The Bertz CT molecular complexity index is 1240. The molecule has 0 saturated heterocycles. The Labute approximate surface area is 166 Å². The summed E-state index contributed by atoms with van der Waals surface area (Å²) in [6.07, 6.45) is 0. The SMILES string of the molecule is O=C(O)c1ccc(N2C(=O)c3cc([N+](=O)[O-])cc4cc([N+](=O)[O-])cc(c34)C2=O)cc1. The zero-order valence-electron chi connectivity index (χ0n) is 14.8. The van der Waals surface area contributed by atoms with Crippen molar-refractivity contribution in [2.24, 2.45) is 0 Å². The topological polar surface area (TPSA) is 161 Å². The van der Waals surface area contributed by atoms with Crippen LogP contribution in [0.5, 0.6) is 0 Å². The smallest absolute Gasteiger partial charge is 0.335 e. The maximum absolute atomic E-state index is 13.1. The summed E-state index contributed by atoms with van der Waals surface area (Å²) in [5, 5.41) is 31.7. The lowest BCUT2D eigenvalue weighted by atomic mass is 9.92. The third kappa shape index (κ3) is 2.73. The van der Waals surface area contributed by atoms with Crippen molar-refractivity contribution in [3.63, 3.8) is 0 Å². The molecular formula is C19H9N3O8. The molecule has 0 unspecified atom stereocenters. The Morgan fingerprint density at radius 3 is 1.70 bits per heavy atom. The number of carbonyl (C=O) groups excluding carboxylic acids is 2. The third-order valence-electron chi connectivity index (χ3n) is 4.68. The average molecular weight is 407 g/mol. The van der Waals surface area contributed by atoms with Crippen LogP contribution in [0.15, 0.2) is 48.5 Å². The zero-order chi connectivity index (χ0) is 21.7. The second-order valence-electron chi connectivity index (χ2n) is 6.40. The van der Waals surface area contributed by atoms with Gasteiger partial charge in [-0.1, -0.05) is 0 Å². The fraction of sp³-hybridized carbons (Fsp3) is 0. The number of non-ortho nitro benzene ring substituents is 2. The minimum Gasteiger partial charge on any atom is -0.478 e. The molecule has 2 amide bonds. The normalized spacial score (nSPS) is 12.9. The molecule has 0 aromatic heterocycles. The Morgan fingerprint density at radius 2 is 1.30 bits per heavy atom. The number of aromatic carboxylic acids is 1. The second-order valence-corrected chi connectivity index (χ2v) is 6.40. The number of carboxylic acids is 1. The van der Waals surface area contributed by atoms with Gasteiger partial charge < -0.3 is 5.11 Å². The standard InChI is InChI=1S/C19H9N3O8/c23-17-14-7-12(21(27)28)5-10-6-13(22(29)30)8-15(16(10)14)18(24)20(17)11-3-1-9(2-4-11)19(25)26/h1-8H,(H,25,26). The summed E-state index contributed by atoms with van der Waals surface area (Å²) in [5.74, 6) is -2.93. The number of carboxylic acid groups (broad SMARTS) is 1. The monoisotopic (exact) mass is 407 g/mol. The summed E-state index contributed by atoms with van der Waals surface area (Å²) in [7, 11) is 0. The Morgan fingerprint density at radius 1 is 0.833 bits per heavy atom. The van der Waals surface area contributed by atoms with Gasteiger partial charge in [0.1, 0.15) is 0 Å². The molecule has 11 nitrogen and oxygen atoms in total. The number of nitro benzene ring substituents is 2. The van der Waals surface area contributed by atoms with E-state index in [4.69, 9.17) is 5.11 Å². The van der Waals surface area contributed by atoms with Crippen LogP contribution >= 0.6 is 0 Å². The maximum Gasteiger partial charge on any atom is 0.335 e. The third-order valence-corrected chi connectivity index (χ3v) is 4.68. The van der Waals surface area contributed by atoms with Crippen molar-refractivity contribution in [3.8, 4) is 0 Å².